The number of rotatable bonds is 6. The molecule has 36 heavy (non-hydrogen) atoms. The summed E-state index contributed by atoms with van der Waals surface area (Å²) in [6, 6.07) is 12.8. The first-order valence-electron chi connectivity index (χ1n) is 12.4. The van der Waals surface area contributed by atoms with Gasteiger partial charge in [0.25, 0.3) is 0 Å². The summed E-state index contributed by atoms with van der Waals surface area (Å²) in [5.74, 6) is -3.05. The number of hydrogen-bond donors (Lipinski definition) is 0. The van der Waals surface area contributed by atoms with E-state index in [-0.39, 0.29) is 55.6 Å². The highest BCUT2D eigenvalue weighted by Gasteiger charge is 2.44. The maximum absolute atomic E-state index is 14.0. The molecule has 0 unspecified atom stereocenters. The highest BCUT2D eigenvalue weighted by molar-refractivity contribution is 7.89. The molecule has 2 aromatic carbocycles. The number of benzene rings is 2. The second kappa shape index (κ2) is 9.59. The van der Waals surface area contributed by atoms with Gasteiger partial charge < -0.3 is 9.32 Å². The average Bonchev–Trinajstić information content (AvgIpc) is 3.52. The van der Waals surface area contributed by atoms with Gasteiger partial charge in [0, 0.05) is 37.4 Å². The molecule has 0 radical (unpaired) electrons. The van der Waals surface area contributed by atoms with Gasteiger partial charge in [0.2, 0.25) is 21.9 Å². The molecule has 2 heterocycles. The number of carbonyl (C=O) groups excluding carboxylic acids is 1. The van der Waals surface area contributed by atoms with E-state index in [4.69, 9.17) is 4.42 Å². The molecule has 192 valence electrons. The summed E-state index contributed by atoms with van der Waals surface area (Å²) in [5.41, 5.74) is 2.44. The smallest absolute Gasteiger partial charge is 0.248 e. The molecule has 3 aromatic rings. The highest BCUT2D eigenvalue weighted by atomic mass is 32.2. The summed E-state index contributed by atoms with van der Waals surface area (Å²) in [7, 11) is -3.88. The van der Waals surface area contributed by atoms with Crippen molar-refractivity contribution in [2.24, 2.45) is 0 Å². The van der Waals surface area contributed by atoms with Crippen LogP contribution in [0.5, 0.6) is 0 Å². The molecule has 0 N–H and O–H groups in total. The minimum Gasteiger partial charge on any atom is -0.464 e. The van der Waals surface area contributed by atoms with Crippen LogP contribution in [0, 0.1) is 6.92 Å². The van der Waals surface area contributed by atoms with Gasteiger partial charge in [0.15, 0.2) is 0 Å². The topological polar surface area (TPSA) is 70.8 Å². The van der Waals surface area contributed by atoms with Crippen LogP contribution in [0.3, 0.4) is 0 Å². The lowest BCUT2D eigenvalue weighted by Gasteiger charge is -2.39. The molecule has 5 rings (SSSR count). The lowest BCUT2D eigenvalue weighted by molar-refractivity contribution is -0.141. The largest absolute Gasteiger partial charge is 0.464 e. The molecule has 9 heteroatoms. The van der Waals surface area contributed by atoms with Gasteiger partial charge in [-0.05, 0) is 62.4 Å². The Balaban J connectivity index is 1.44. The Morgan fingerprint density at radius 3 is 2.53 bits per heavy atom. The molecule has 1 aromatic heterocycles. The lowest BCUT2D eigenvalue weighted by atomic mass is 9.90. The minimum atomic E-state index is -3.88. The van der Waals surface area contributed by atoms with Gasteiger partial charge in [-0.15, -0.1) is 0 Å². The van der Waals surface area contributed by atoms with Crippen molar-refractivity contribution in [1.82, 2.24) is 9.21 Å². The number of amides is 1. The number of alkyl halides is 2. The fraction of sp³-hybridized carbons (Fsp3) is 0.444. The van der Waals surface area contributed by atoms with Crippen LogP contribution in [0.2, 0.25) is 0 Å². The average molecular weight is 517 g/mol. The molecule has 1 aliphatic heterocycles. The van der Waals surface area contributed by atoms with Crippen molar-refractivity contribution in [3.05, 3.63) is 65.9 Å². The van der Waals surface area contributed by atoms with E-state index in [9.17, 15) is 22.0 Å². The normalized spacial score (nSPS) is 21.1. The second-order valence-electron chi connectivity index (χ2n) is 9.93. The molecule has 0 spiro atoms. The van der Waals surface area contributed by atoms with Gasteiger partial charge in [-0.1, -0.05) is 29.8 Å². The van der Waals surface area contributed by atoms with E-state index in [0.717, 1.165) is 16.5 Å². The number of furan rings is 1. The summed E-state index contributed by atoms with van der Waals surface area (Å²) in [4.78, 5) is 15.8. The number of aryl methyl sites for hydroxylation is 1. The summed E-state index contributed by atoms with van der Waals surface area (Å²) < 4.78 is 61.6. The molecule has 1 saturated heterocycles. The number of carbonyl (C=O) groups is 1. The van der Waals surface area contributed by atoms with E-state index < -0.39 is 22.0 Å². The van der Waals surface area contributed by atoms with Crippen LogP contribution >= 0.6 is 0 Å². The lowest BCUT2D eigenvalue weighted by Crippen LogP contribution is -2.52. The molecule has 6 nitrogen and oxygen atoms in total. The minimum absolute atomic E-state index is 0.153. The number of hydrogen-bond acceptors (Lipinski definition) is 4. The molecule has 1 saturated carbocycles. The third-order valence-electron chi connectivity index (χ3n) is 7.40. The first-order valence-corrected chi connectivity index (χ1v) is 13.8. The molecular formula is C27H30F2N2O4S. The van der Waals surface area contributed by atoms with E-state index in [1.54, 1.807) is 35.4 Å². The van der Waals surface area contributed by atoms with E-state index in [1.165, 1.54) is 4.31 Å². The Morgan fingerprint density at radius 2 is 1.81 bits per heavy atom. The van der Waals surface area contributed by atoms with E-state index in [0.29, 0.717) is 18.4 Å². The number of sulfonamides is 1. The predicted octanol–water partition coefficient (Wildman–Crippen LogP) is 5.50. The number of fused-ring (bicyclic) bond motifs is 1. The van der Waals surface area contributed by atoms with Crippen molar-refractivity contribution >= 4 is 26.9 Å². The Bertz CT molecular complexity index is 1340. The number of nitrogens with zero attached hydrogens (tertiary/aromatic N) is 2. The molecule has 2 fully saturated rings. The SMILES string of the molecule is Cc1ccc(S(=O)(=O)N2CCC[C@H]2C(=O)N(Cc2ccc3ccoc3c2)C2CCC(F)(F)CC2)cc1. The van der Waals surface area contributed by atoms with Gasteiger partial charge in [-0.2, -0.15) is 4.31 Å². The van der Waals surface area contributed by atoms with Crippen molar-refractivity contribution in [1.29, 1.82) is 0 Å². The first-order chi connectivity index (χ1) is 17.1. The second-order valence-corrected chi connectivity index (χ2v) is 11.8. The van der Waals surface area contributed by atoms with Gasteiger partial charge >= 0.3 is 0 Å². The Hall–Kier alpha value is -2.78. The van der Waals surface area contributed by atoms with Gasteiger partial charge in [-0.3, -0.25) is 4.79 Å². The van der Waals surface area contributed by atoms with Crippen LogP contribution in [0.25, 0.3) is 11.0 Å². The monoisotopic (exact) mass is 516 g/mol. The predicted molar refractivity (Wildman–Crippen MR) is 132 cm³/mol. The maximum Gasteiger partial charge on any atom is 0.248 e. The van der Waals surface area contributed by atoms with E-state index in [2.05, 4.69) is 0 Å². The summed E-state index contributed by atoms with van der Waals surface area (Å²) in [5, 5.41) is 0.931. The molecule has 1 atom stereocenters. The van der Waals surface area contributed by atoms with Crippen LogP contribution in [-0.2, 0) is 21.4 Å². The zero-order chi connectivity index (χ0) is 25.5. The maximum atomic E-state index is 14.0. The van der Waals surface area contributed by atoms with Crippen molar-refractivity contribution in [3.8, 4) is 0 Å². The first kappa shape index (κ1) is 24.9. The Labute approximate surface area is 209 Å². The highest BCUT2D eigenvalue weighted by Crippen LogP contribution is 2.37. The van der Waals surface area contributed by atoms with Crippen molar-refractivity contribution < 1.29 is 26.4 Å². The van der Waals surface area contributed by atoms with E-state index in [1.807, 2.05) is 31.2 Å². The van der Waals surface area contributed by atoms with Gasteiger partial charge in [0.1, 0.15) is 11.6 Å². The van der Waals surface area contributed by atoms with Crippen LogP contribution in [0.4, 0.5) is 8.78 Å². The molecule has 1 aliphatic carbocycles. The fourth-order valence-corrected chi connectivity index (χ4v) is 6.98. The Kier molecular flexibility index (Phi) is 6.63. The molecular weight excluding hydrogens is 486 g/mol. The molecule has 2 aliphatic rings. The van der Waals surface area contributed by atoms with Crippen LogP contribution in [0.1, 0.15) is 49.7 Å². The zero-order valence-electron chi connectivity index (χ0n) is 20.2. The summed E-state index contributed by atoms with van der Waals surface area (Å²) in [6.07, 6.45) is 2.35. The fourth-order valence-electron chi connectivity index (χ4n) is 5.33. The number of halogens is 2. The summed E-state index contributed by atoms with van der Waals surface area (Å²) >= 11 is 0. The van der Waals surface area contributed by atoms with Crippen LogP contribution in [0.15, 0.2) is 64.1 Å². The van der Waals surface area contributed by atoms with Crippen molar-refractivity contribution in [3.63, 3.8) is 0 Å². The quantitative estimate of drug-likeness (QED) is 0.434. The zero-order valence-corrected chi connectivity index (χ0v) is 21.0. The van der Waals surface area contributed by atoms with Crippen molar-refractivity contribution in [2.45, 2.75) is 74.9 Å². The van der Waals surface area contributed by atoms with E-state index >= 15 is 0 Å². The van der Waals surface area contributed by atoms with Gasteiger partial charge in [-0.25, -0.2) is 17.2 Å². The molecule has 0 bridgehead atoms. The van der Waals surface area contributed by atoms with Crippen LogP contribution < -0.4 is 0 Å². The third-order valence-corrected chi connectivity index (χ3v) is 9.32. The standard InChI is InChI=1S/C27H30F2N2O4S/c1-19-4-8-23(9-5-19)36(33,34)31-15-2-3-24(31)26(32)30(22-10-13-27(28,29)14-11-22)18-20-6-7-21-12-16-35-25(21)17-20/h4-9,12,16-17,22,24H,2-3,10-11,13-15,18H2,1H3/t24-/m0/s1. The Morgan fingerprint density at radius 1 is 1.08 bits per heavy atom. The van der Waals surface area contributed by atoms with Gasteiger partial charge in [0.05, 0.1) is 11.2 Å². The van der Waals surface area contributed by atoms with Crippen LogP contribution in [-0.4, -0.2) is 48.1 Å². The summed E-state index contributed by atoms with van der Waals surface area (Å²) in [6.45, 7) is 2.34. The third kappa shape index (κ3) is 4.91. The molecule has 1 amide bonds. The van der Waals surface area contributed by atoms with Crippen molar-refractivity contribution in [2.75, 3.05) is 6.54 Å².